The van der Waals surface area contributed by atoms with Crippen molar-refractivity contribution in [1.29, 1.82) is 0 Å². The fourth-order valence-corrected chi connectivity index (χ4v) is 6.19. The highest BCUT2D eigenvalue weighted by molar-refractivity contribution is 7.88. The molecule has 0 saturated carbocycles. The largest absolute Gasteiger partial charge is 0.437 e. The van der Waals surface area contributed by atoms with E-state index in [2.05, 4.69) is 25.6 Å². The van der Waals surface area contributed by atoms with E-state index in [1.54, 1.807) is 37.4 Å². The van der Waals surface area contributed by atoms with Gasteiger partial charge in [0.1, 0.15) is 24.3 Å². The topological polar surface area (TPSA) is 109 Å². The lowest BCUT2D eigenvalue weighted by Crippen LogP contribution is -2.44. The molecule has 2 aromatic heterocycles. The minimum absolute atomic E-state index is 0.138. The van der Waals surface area contributed by atoms with Crippen LogP contribution in [0.5, 0.6) is 11.6 Å². The van der Waals surface area contributed by atoms with Crippen molar-refractivity contribution in [2.24, 2.45) is 0 Å². The second-order valence-electron chi connectivity index (χ2n) is 10.5. The molecule has 15 heteroatoms. The van der Waals surface area contributed by atoms with Gasteiger partial charge in [-0.1, -0.05) is 12.1 Å². The summed E-state index contributed by atoms with van der Waals surface area (Å²) in [5.41, 5.74) is 1.26. The normalized spacial score (nSPS) is 17.6. The number of ether oxygens (including phenoxy) is 1. The first kappa shape index (κ1) is 31.5. The van der Waals surface area contributed by atoms with Gasteiger partial charge in [-0.25, -0.2) is 32.2 Å². The van der Waals surface area contributed by atoms with Gasteiger partial charge >= 0.3 is 6.18 Å². The molecule has 1 aliphatic heterocycles. The molecule has 0 aliphatic carbocycles. The molecular formula is C29H29F5N6O3S. The minimum Gasteiger partial charge on any atom is -0.437 e. The zero-order chi connectivity index (χ0) is 31.6. The van der Waals surface area contributed by atoms with Crippen LogP contribution in [0.25, 0.3) is 22.0 Å². The van der Waals surface area contributed by atoms with Gasteiger partial charge in [-0.05, 0) is 48.2 Å². The first-order valence-electron chi connectivity index (χ1n) is 13.6. The molecule has 44 heavy (non-hydrogen) atoms. The molecular weight excluding hydrogens is 607 g/mol. The number of hydrogen-bond donors (Lipinski definition) is 2. The molecule has 4 aromatic rings. The molecule has 5 rings (SSSR count). The van der Waals surface area contributed by atoms with Crippen molar-refractivity contribution in [3.05, 3.63) is 71.8 Å². The van der Waals surface area contributed by atoms with Crippen LogP contribution >= 0.6 is 0 Å². The van der Waals surface area contributed by atoms with Crippen LogP contribution in [0.15, 0.2) is 54.9 Å². The van der Waals surface area contributed by atoms with Gasteiger partial charge in [0, 0.05) is 55.9 Å². The summed E-state index contributed by atoms with van der Waals surface area (Å²) < 4.78 is 99.5. The van der Waals surface area contributed by atoms with E-state index in [9.17, 15) is 26.0 Å². The molecule has 9 nitrogen and oxygen atoms in total. The van der Waals surface area contributed by atoms with Crippen molar-refractivity contribution in [2.75, 3.05) is 32.0 Å². The quantitative estimate of drug-likeness (QED) is 0.236. The van der Waals surface area contributed by atoms with Gasteiger partial charge in [-0.15, -0.1) is 0 Å². The number of hydrogen-bond acceptors (Lipinski definition) is 8. The lowest BCUT2D eigenvalue weighted by Gasteiger charge is -2.26. The van der Waals surface area contributed by atoms with Crippen LogP contribution in [0.4, 0.5) is 27.9 Å². The standard InChI is InChI=1S/C29H29F5N6O3S/c1-17-5-6-20-21(7-8-24(31)23(20)15-44(41,42)40(2)16-29(32,33)34)26(17)43-27-22(4-3-10-36-27)25-9-11-37-28(39-25)38-19-12-18(30)13-35-14-19/h3-11,18-19,35H,12-16H2,1-2H3,(H,37,38,39)/t18-,19-/m1/s1. The van der Waals surface area contributed by atoms with Crippen molar-refractivity contribution in [1.82, 2.24) is 24.6 Å². The highest BCUT2D eigenvalue weighted by Gasteiger charge is 2.35. The number of aromatic nitrogens is 3. The van der Waals surface area contributed by atoms with E-state index in [1.165, 1.54) is 18.3 Å². The Hall–Kier alpha value is -3.95. The summed E-state index contributed by atoms with van der Waals surface area (Å²) in [7, 11) is -3.73. The fraction of sp³-hybridized carbons (Fsp3) is 0.345. The number of nitrogens with one attached hydrogen (secondary N) is 2. The smallest absolute Gasteiger partial charge is 0.402 e. The Labute approximate surface area is 250 Å². The van der Waals surface area contributed by atoms with Gasteiger partial charge in [0.25, 0.3) is 0 Å². The number of piperidine rings is 1. The molecule has 1 saturated heterocycles. The van der Waals surface area contributed by atoms with E-state index in [1.807, 2.05) is 0 Å². The molecule has 0 spiro atoms. The second kappa shape index (κ2) is 12.6. The van der Waals surface area contributed by atoms with Crippen LogP contribution in [0.1, 0.15) is 17.5 Å². The number of anilines is 1. The van der Waals surface area contributed by atoms with Gasteiger partial charge in [-0.2, -0.15) is 17.5 Å². The van der Waals surface area contributed by atoms with Gasteiger partial charge in [0.15, 0.2) is 0 Å². The average molecular weight is 637 g/mol. The van der Waals surface area contributed by atoms with Gasteiger partial charge in [0.2, 0.25) is 21.9 Å². The summed E-state index contributed by atoms with van der Waals surface area (Å²) in [6, 6.07) is 10.4. The predicted octanol–water partition coefficient (Wildman–Crippen LogP) is 5.37. The first-order valence-corrected chi connectivity index (χ1v) is 15.2. The summed E-state index contributed by atoms with van der Waals surface area (Å²) in [6.07, 6.45) is -2.39. The van der Waals surface area contributed by atoms with E-state index >= 15 is 4.39 Å². The number of alkyl halides is 4. The molecule has 1 fully saturated rings. The molecule has 2 atom stereocenters. The summed E-state index contributed by atoms with van der Waals surface area (Å²) in [4.78, 5) is 13.2. The van der Waals surface area contributed by atoms with Crippen LogP contribution in [-0.2, 0) is 15.8 Å². The Bertz CT molecular complexity index is 1770. The number of pyridine rings is 1. The molecule has 0 amide bonds. The van der Waals surface area contributed by atoms with Gasteiger partial charge < -0.3 is 15.4 Å². The van der Waals surface area contributed by atoms with Crippen LogP contribution in [-0.4, -0.2) is 72.7 Å². The molecule has 234 valence electrons. The number of nitrogens with zero attached hydrogens (tertiary/aromatic N) is 4. The van der Waals surface area contributed by atoms with E-state index in [0.29, 0.717) is 41.7 Å². The average Bonchev–Trinajstić information content (AvgIpc) is 2.95. The number of fused-ring (bicyclic) bond motifs is 1. The third-order valence-corrected chi connectivity index (χ3v) is 8.87. The number of sulfonamides is 1. The Morgan fingerprint density at radius 2 is 1.84 bits per heavy atom. The highest BCUT2D eigenvalue weighted by atomic mass is 32.2. The summed E-state index contributed by atoms with van der Waals surface area (Å²) in [5, 5.41) is 6.65. The van der Waals surface area contributed by atoms with Crippen molar-refractivity contribution in [2.45, 2.75) is 37.5 Å². The van der Waals surface area contributed by atoms with Crippen LogP contribution < -0.4 is 15.4 Å². The van der Waals surface area contributed by atoms with Crippen LogP contribution in [0.2, 0.25) is 0 Å². The van der Waals surface area contributed by atoms with Crippen LogP contribution in [0.3, 0.4) is 0 Å². The Morgan fingerprint density at radius 3 is 2.59 bits per heavy atom. The van der Waals surface area contributed by atoms with E-state index in [0.717, 1.165) is 13.1 Å². The van der Waals surface area contributed by atoms with Crippen molar-refractivity contribution >= 4 is 26.7 Å². The number of rotatable bonds is 9. The van der Waals surface area contributed by atoms with Crippen LogP contribution in [0, 0.1) is 12.7 Å². The van der Waals surface area contributed by atoms with Crippen molar-refractivity contribution in [3.63, 3.8) is 0 Å². The maximum Gasteiger partial charge on any atom is 0.402 e. The van der Waals surface area contributed by atoms with E-state index in [-0.39, 0.29) is 38.9 Å². The highest BCUT2D eigenvalue weighted by Crippen LogP contribution is 2.38. The lowest BCUT2D eigenvalue weighted by molar-refractivity contribution is -0.134. The lowest BCUT2D eigenvalue weighted by atomic mass is 10.0. The van der Waals surface area contributed by atoms with Gasteiger partial charge in [0.05, 0.1) is 17.0 Å². The number of halogens is 5. The van der Waals surface area contributed by atoms with Crippen molar-refractivity contribution in [3.8, 4) is 22.9 Å². The fourth-order valence-electron chi connectivity index (χ4n) is 4.97. The third kappa shape index (κ3) is 7.22. The molecule has 0 unspecified atom stereocenters. The monoisotopic (exact) mass is 636 g/mol. The van der Waals surface area contributed by atoms with E-state index in [4.69, 9.17) is 4.74 Å². The predicted molar refractivity (Wildman–Crippen MR) is 155 cm³/mol. The Kier molecular flexibility index (Phi) is 9.00. The minimum atomic E-state index is -4.76. The Morgan fingerprint density at radius 1 is 1.07 bits per heavy atom. The molecule has 2 aromatic carbocycles. The zero-order valence-corrected chi connectivity index (χ0v) is 24.5. The molecule has 2 N–H and O–H groups in total. The Balaban J connectivity index is 1.48. The number of benzene rings is 2. The summed E-state index contributed by atoms with van der Waals surface area (Å²) in [6.45, 7) is 0.878. The summed E-state index contributed by atoms with van der Waals surface area (Å²) in [5.74, 6) is -1.20. The second-order valence-corrected chi connectivity index (χ2v) is 12.6. The molecule has 1 aliphatic rings. The maximum absolute atomic E-state index is 15.0. The molecule has 3 heterocycles. The third-order valence-electron chi connectivity index (χ3n) is 7.14. The maximum atomic E-state index is 15.0. The zero-order valence-electron chi connectivity index (χ0n) is 23.7. The van der Waals surface area contributed by atoms with E-state index < -0.39 is 40.5 Å². The SMILES string of the molecule is Cc1ccc2c(CS(=O)(=O)N(C)CC(F)(F)F)c(F)ccc2c1Oc1ncccc1-c1ccnc(N[C@H]2CNC[C@H](F)C2)n1. The van der Waals surface area contributed by atoms with Crippen molar-refractivity contribution < 1.29 is 35.1 Å². The number of aryl methyl sites for hydroxylation is 1. The summed E-state index contributed by atoms with van der Waals surface area (Å²) >= 11 is 0. The van der Waals surface area contributed by atoms with Gasteiger partial charge in [-0.3, -0.25) is 0 Å². The molecule has 0 bridgehead atoms. The molecule has 0 radical (unpaired) electrons. The first-order chi connectivity index (χ1) is 20.8.